The number of nitrogens with one attached hydrogen (secondary N) is 1. The minimum Gasteiger partial charge on any atom is -0.431 e. The van der Waals surface area contributed by atoms with Gasteiger partial charge in [0.1, 0.15) is 11.3 Å². The highest BCUT2D eigenvalue weighted by Crippen LogP contribution is 2.31. The fourth-order valence-electron chi connectivity index (χ4n) is 1.93. The second-order valence-corrected chi connectivity index (χ2v) is 5.34. The number of nitrogens with zero attached hydrogens (tertiary/aromatic N) is 1. The van der Waals surface area contributed by atoms with Crippen molar-refractivity contribution in [2.45, 2.75) is 16.7 Å². The molecule has 0 saturated carbocycles. The topological polar surface area (TPSA) is 38.1 Å². The standard InChI is InChI=1S/C15H13FN2OS/c1-17-9-10-6-7-14(11(16)8-10)20-15-18-12-4-2-3-5-13(12)19-15/h2-8,17H,9H2,1H3. The lowest BCUT2D eigenvalue weighted by Gasteiger charge is -2.03. The average Bonchev–Trinajstić information content (AvgIpc) is 2.84. The molecule has 3 rings (SSSR count). The number of halogens is 1. The molecule has 0 saturated heterocycles. The van der Waals surface area contributed by atoms with Crippen LogP contribution in [0.25, 0.3) is 11.1 Å². The number of hydrogen-bond acceptors (Lipinski definition) is 4. The Kier molecular flexibility index (Phi) is 3.71. The maximum Gasteiger partial charge on any atom is 0.261 e. The second kappa shape index (κ2) is 5.64. The summed E-state index contributed by atoms with van der Waals surface area (Å²) in [6.07, 6.45) is 0. The molecule has 1 aromatic heterocycles. The number of aromatic nitrogens is 1. The van der Waals surface area contributed by atoms with Crippen molar-refractivity contribution in [3.63, 3.8) is 0 Å². The first-order valence-corrected chi connectivity index (χ1v) is 7.04. The van der Waals surface area contributed by atoms with E-state index >= 15 is 0 Å². The van der Waals surface area contributed by atoms with E-state index in [1.54, 1.807) is 6.07 Å². The largest absolute Gasteiger partial charge is 0.431 e. The smallest absolute Gasteiger partial charge is 0.261 e. The van der Waals surface area contributed by atoms with Crippen LogP contribution in [0, 0.1) is 5.82 Å². The minimum absolute atomic E-state index is 0.259. The van der Waals surface area contributed by atoms with Crippen LogP contribution in [0.3, 0.4) is 0 Å². The number of benzene rings is 2. The molecule has 0 fully saturated rings. The van der Waals surface area contributed by atoms with Crippen LogP contribution in [-0.2, 0) is 6.54 Å². The quantitative estimate of drug-likeness (QED) is 0.791. The van der Waals surface area contributed by atoms with Crippen molar-refractivity contribution in [2.75, 3.05) is 7.05 Å². The maximum atomic E-state index is 14.0. The zero-order valence-corrected chi connectivity index (χ0v) is 11.7. The van der Waals surface area contributed by atoms with Crippen molar-refractivity contribution in [2.24, 2.45) is 0 Å². The van der Waals surface area contributed by atoms with E-state index in [1.165, 1.54) is 17.8 Å². The van der Waals surface area contributed by atoms with E-state index < -0.39 is 0 Å². The number of rotatable bonds is 4. The predicted octanol–water partition coefficient (Wildman–Crippen LogP) is 3.84. The molecule has 0 aliphatic heterocycles. The molecule has 0 aliphatic rings. The minimum atomic E-state index is -0.259. The van der Waals surface area contributed by atoms with Crippen LogP contribution in [0.1, 0.15) is 5.56 Å². The molecular weight excluding hydrogens is 275 g/mol. The molecule has 0 atom stereocenters. The van der Waals surface area contributed by atoms with E-state index in [0.717, 1.165) is 11.1 Å². The summed E-state index contributed by atoms with van der Waals surface area (Å²) >= 11 is 1.19. The van der Waals surface area contributed by atoms with Gasteiger partial charge in [0.15, 0.2) is 5.58 Å². The van der Waals surface area contributed by atoms with Crippen molar-refractivity contribution in [3.05, 3.63) is 53.8 Å². The monoisotopic (exact) mass is 288 g/mol. The van der Waals surface area contributed by atoms with Gasteiger partial charge in [0.2, 0.25) is 0 Å². The zero-order chi connectivity index (χ0) is 13.9. The van der Waals surface area contributed by atoms with E-state index in [0.29, 0.717) is 22.2 Å². The summed E-state index contributed by atoms with van der Waals surface area (Å²) in [4.78, 5) is 4.84. The van der Waals surface area contributed by atoms with Gasteiger partial charge in [-0.3, -0.25) is 0 Å². The van der Waals surface area contributed by atoms with Crippen molar-refractivity contribution in [1.82, 2.24) is 10.3 Å². The number of hydrogen-bond donors (Lipinski definition) is 1. The van der Waals surface area contributed by atoms with Gasteiger partial charge in [0.05, 0.1) is 4.90 Å². The molecule has 0 spiro atoms. The molecule has 0 unspecified atom stereocenters. The summed E-state index contributed by atoms with van der Waals surface area (Å²) in [5.74, 6) is -0.259. The molecule has 0 radical (unpaired) electrons. The third-order valence-electron chi connectivity index (χ3n) is 2.85. The molecule has 0 aliphatic carbocycles. The van der Waals surface area contributed by atoms with E-state index in [4.69, 9.17) is 4.42 Å². The number of fused-ring (bicyclic) bond motifs is 1. The Morgan fingerprint density at radius 1 is 1.25 bits per heavy atom. The second-order valence-electron chi connectivity index (χ2n) is 4.34. The first-order chi connectivity index (χ1) is 9.76. The van der Waals surface area contributed by atoms with Gasteiger partial charge in [-0.2, -0.15) is 0 Å². The summed E-state index contributed by atoms with van der Waals surface area (Å²) in [6.45, 7) is 0.644. The lowest BCUT2D eigenvalue weighted by Crippen LogP contribution is -2.05. The maximum absolute atomic E-state index is 14.0. The van der Waals surface area contributed by atoms with E-state index in [9.17, 15) is 4.39 Å². The van der Waals surface area contributed by atoms with Crippen LogP contribution < -0.4 is 5.32 Å². The molecule has 102 valence electrons. The van der Waals surface area contributed by atoms with Gasteiger partial charge in [-0.1, -0.05) is 18.2 Å². The molecule has 3 nitrogen and oxygen atoms in total. The van der Waals surface area contributed by atoms with Crippen LogP contribution in [0.4, 0.5) is 4.39 Å². The highest BCUT2D eigenvalue weighted by atomic mass is 32.2. The number of oxazole rings is 1. The van der Waals surface area contributed by atoms with Crippen LogP contribution >= 0.6 is 11.8 Å². The van der Waals surface area contributed by atoms with Crippen molar-refractivity contribution >= 4 is 22.9 Å². The first kappa shape index (κ1) is 13.1. The van der Waals surface area contributed by atoms with Gasteiger partial charge in [-0.15, -0.1) is 0 Å². The van der Waals surface area contributed by atoms with Gasteiger partial charge in [0, 0.05) is 6.54 Å². The summed E-state index contributed by atoms with van der Waals surface area (Å²) in [7, 11) is 1.83. The fraction of sp³-hybridized carbons (Fsp3) is 0.133. The van der Waals surface area contributed by atoms with Gasteiger partial charge in [0.25, 0.3) is 5.22 Å². The van der Waals surface area contributed by atoms with Gasteiger partial charge in [-0.05, 0) is 48.6 Å². The van der Waals surface area contributed by atoms with Crippen LogP contribution in [0.5, 0.6) is 0 Å². The van der Waals surface area contributed by atoms with Crippen molar-refractivity contribution in [3.8, 4) is 0 Å². The molecule has 1 N–H and O–H groups in total. The Morgan fingerprint density at radius 2 is 2.10 bits per heavy atom. The summed E-state index contributed by atoms with van der Waals surface area (Å²) < 4.78 is 19.6. The van der Waals surface area contributed by atoms with Crippen LogP contribution in [0.15, 0.2) is 57.0 Å². The molecule has 20 heavy (non-hydrogen) atoms. The van der Waals surface area contributed by atoms with Gasteiger partial charge >= 0.3 is 0 Å². The first-order valence-electron chi connectivity index (χ1n) is 6.23. The highest BCUT2D eigenvalue weighted by molar-refractivity contribution is 7.99. The SMILES string of the molecule is CNCc1ccc(Sc2nc3ccccc3o2)c(F)c1. The molecule has 0 amide bonds. The van der Waals surface area contributed by atoms with Gasteiger partial charge < -0.3 is 9.73 Å². The molecule has 5 heteroatoms. The summed E-state index contributed by atoms with van der Waals surface area (Å²) in [6, 6.07) is 12.7. The van der Waals surface area contributed by atoms with Gasteiger partial charge in [-0.25, -0.2) is 9.37 Å². The van der Waals surface area contributed by atoms with Crippen LogP contribution in [-0.4, -0.2) is 12.0 Å². The van der Waals surface area contributed by atoms with Crippen LogP contribution in [0.2, 0.25) is 0 Å². The molecular formula is C15H13FN2OS. The lowest BCUT2D eigenvalue weighted by molar-refractivity contribution is 0.488. The number of para-hydroxylation sites is 2. The Bertz CT molecular complexity index is 709. The van der Waals surface area contributed by atoms with E-state index in [2.05, 4.69) is 10.3 Å². The fourth-order valence-corrected chi connectivity index (χ4v) is 2.69. The van der Waals surface area contributed by atoms with E-state index in [1.807, 2.05) is 37.4 Å². The third kappa shape index (κ3) is 2.69. The normalized spacial score (nSPS) is 11.1. The summed E-state index contributed by atoms with van der Waals surface area (Å²) in [5.41, 5.74) is 2.40. The van der Waals surface area contributed by atoms with E-state index in [-0.39, 0.29) is 5.82 Å². The highest BCUT2D eigenvalue weighted by Gasteiger charge is 2.10. The van der Waals surface area contributed by atoms with Crippen molar-refractivity contribution < 1.29 is 8.81 Å². The molecule has 0 bridgehead atoms. The van der Waals surface area contributed by atoms with Crippen molar-refractivity contribution in [1.29, 1.82) is 0 Å². The molecule has 3 aromatic rings. The average molecular weight is 288 g/mol. The Balaban J connectivity index is 1.86. The summed E-state index contributed by atoms with van der Waals surface area (Å²) in [5, 5.41) is 3.44. The third-order valence-corrected chi connectivity index (χ3v) is 3.75. The molecule has 2 aromatic carbocycles. The Morgan fingerprint density at radius 3 is 2.85 bits per heavy atom. The molecule has 1 heterocycles. The predicted molar refractivity (Wildman–Crippen MR) is 77.3 cm³/mol. The lowest BCUT2D eigenvalue weighted by atomic mass is 10.2. The Hall–Kier alpha value is -1.85. The zero-order valence-electron chi connectivity index (χ0n) is 10.9. The Labute approximate surface area is 120 Å².